The van der Waals surface area contributed by atoms with Gasteiger partial charge in [-0.25, -0.2) is 18.2 Å². The zero-order valence-electron chi connectivity index (χ0n) is 34.9. The van der Waals surface area contributed by atoms with Crippen molar-refractivity contribution in [3.63, 3.8) is 0 Å². The van der Waals surface area contributed by atoms with Crippen LogP contribution in [0.2, 0.25) is 0 Å². The van der Waals surface area contributed by atoms with Gasteiger partial charge >= 0.3 is 12.1 Å². The summed E-state index contributed by atoms with van der Waals surface area (Å²) in [5, 5.41) is 5.75. The number of allylic oxidation sites excluding steroid dienone is 2. The zero-order valence-corrected chi connectivity index (χ0v) is 35.8. The van der Waals surface area contributed by atoms with Crippen molar-refractivity contribution < 1.29 is 46.6 Å². The summed E-state index contributed by atoms with van der Waals surface area (Å²) in [6.07, 6.45) is 12.3. The molecule has 3 N–H and O–H groups in total. The fraction of sp³-hybridized carbons (Fsp3) is 0.600. The maximum Gasteiger partial charge on any atom is 0.408 e. The van der Waals surface area contributed by atoms with Gasteiger partial charge in [-0.05, 0) is 94.6 Å². The number of nitrogens with zero attached hydrogens (tertiary/aromatic N) is 2. The van der Waals surface area contributed by atoms with Crippen molar-refractivity contribution in [2.75, 3.05) is 6.54 Å². The lowest BCUT2D eigenvalue weighted by atomic mass is 9.96. The van der Waals surface area contributed by atoms with Crippen molar-refractivity contribution in [2.45, 2.75) is 139 Å². The Labute approximate surface area is 356 Å². The molecule has 1 saturated heterocycles. The smallest absolute Gasteiger partial charge is 0.408 e. The maximum atomic E-state index is 15.0. The molecule has 4 aliphatic carbocycles. The number of ether oxygens (including phenoxy) is 3. The molecule has 4 saturated carbocycles. The molecule has 2 aliphatic heterocycles. The molecule has 5 fully saturated rings. The first-order chi connectivity index (χ1) is 29.3. The number of amides is 4. The van der Waals surface area contributed by atoms with Crippen LogP contribution in [0.5, 0.6) is 11.6 Å². The van der Waals surface area contributed by atoms with E-state index in [9.17, 15) is 32.4 Å². The second-order valence-corrected chi connectivity index (χ2v) is 20.0. The number of sulfonamides is 1. The van der Waals surface area contributed by atoms with E-state index in [-0.39, 0.29) is 43.2 Å². The molecule has 1 aromatic carbocycles. The summed E-state index contributed by atoms with van der Waals surface area (Å²) in [6, 6.07) is 5.12. The van der Waals surface area contributed by atoms with Gasteiger partial charge in [-0.2, -0.15) is 0 Å². The maximum absolute atomic E-state index is 15.0. The number of aromatic nitrogens is 1. The highest BCUT2D eigenvalue weighted by Crippen LogP contribution is 2.46. The zero-order chi connectivity index (χ0) is 43.1. The minimum Gasteiger partial charge on any atom is -0.472 e. The van der Waals surface area contributed by atoms with Gasteiger partial charge in [0.2, 0.25) is 27.7 Å². The minimum absolute atomic E-state index is 0.0229. The highest BCUT2D eigenvalue weighted by Gasteiger charge is 2.62. The molecule has 2 aromatic rings. The largest absolute Gasteiger partial charge is 0.472 e. The second kappa shape index (κ2) is 17.4. The van der Waals surface area contributed by atoms with Gasteiger partial charge in [0, 0.05) is 17.7 Å². The highest BCUT2D eigenvalue weighted by atomic mass is 32.2. The Balaban J connectivity index is 1.17. The number of nitrogens with one attached hydrogen (secondary N) is 3. The third kappa shape index (κ3) is 9.01. The van der Waals surface area contributed by atoms with Crippen molar-refractivity contribution in [3.8, 4) is 11.6 Å². The summed E-state index contributed by atoms with van der Waals surface area (Å²) in [6.45, 7) is 7.25. The quantitative estimate of drug-likeness (QED) is 0.222. The van der Waals surface area contributed by atoms with E-state index in [4.69, 9.17) is 19.2 Å². The fourth-order valence-corrected chi connectivity index (χ4v) is 11.0. The second-order valence-electron chi connectivity index (χ2n) is 18.0. The molecular weight excluding hydrogens is 803 g/mol. The number of benzene rings is 1. The first-order valence-corrected chi connectivity index (χ1v) is 23.6. The van der Waals surface area contributed by atoms with Crippen molar-refractivity contribution in [3.05, 3.63) is 54.6 Å². The molecule has 7 atom stereocenters. The third-order valence-corrected chi connectivity index (χ3v) is 15.2. The van der Waals surface area contributed by atoms with E-state index in [0.29, 0.717) is 54.3 Å². The first kappa shape index (κ1) is 42.7. The molecule has 8 rings (SSSR count). The lowest BCUT2D eigenvalue weighted by molar-refractivity contribution is -0.142. The first-order valence-electron chi connectivity index (χ1n) is 22.0. The topological polar surface area (TPSA) is 199 Å². The van der Waals surface area contributed by atoms with E-state index in [1.165, 1.54) is 11.0 Å². The predicted octanol–water partition coefficient (Wildman–Crippen LogP) is 5.16. The highest BCUT2D eigenvalue weighted by molar-refractivity contribution is 7.91. The Kier molecular flexibility index (Phi) is 12.2. The number of esters is 1. The molecule has 3 heterocycles. The van der Waals surface area contributed by atoms with Crippen LogP contribution in [0.15, 0.2) is 49.1 Å². The van der Waals surface area contributed by atoms with Gasteiger partial charge in [0.15, 0.2) is 0 Å². The van der Waals surface area contributed by atoms with Gasteiger partial charge < -0.3 is 29.7 Å². The summed E-state index contributed by atoms with van der Waals surface area (Å²) < 4.78 is 46.8. The standard InChI is InChI=1S/C45H57N5O10S/c1-4-29-24-45(29,43(54)49-61(56,57)31-21-22-31)48-39(51)35-23-30-25-50(35)41(52)37(28-14-8-9-15-28)47-44(55)59-36-20-12-16-27(36)13-6-5-7-18-33-38(60-42(53)26(2)3)32-17-10-11-19-34(32)46-40(33)58-30/h4-5,7,10-11,17,19,26-31,35-37H,1,6,8-9,12-16,18,20-25H2,2-3H3,(H,47,55)(H,48,51)(H,49,54)/b7-5+/t27-,29-,30-,35+,36-,37+,45-/m1/s1. The third-order valence-electron chi connectivity index (χ3n) is 13.4. The van der Waals surface area contributed by atoms with Crippen LogP contribution in [-0.4, -0.2) is 89.7 Å². The number of rotatable bonds is 9. The van der Waals surface area contributed by atoms with Crippen LogP contribution < -0.4 is 24.8 Å². The Morgan fingerprint density at radius 2 is 1.75 bits per heavy atom. The van der Waals surface area contributed by atoms with Crippen LogP contribution in [0.25, 0.3) is 10.9 Å². The van der Waals surface area contributed by atoms with E-state index in [1.807, 2.05) is 24.3 Å². The van der Waals surface area contributed by atoms with E-state index in [0.717, 1.165) is 44.9 Å². The summed E-state index contributed by atoms with van der Waals surface area (Å²) in [4.78, 5) is 76.6. The number of fused-ring (bicyclic) bond motifs is 5. The van der Waals surface area contributed by atoms with Gasteiger partial charge in [-0.1, -0.05) is 57.0 Å². The Bertz CT molecular complexity index is 2220. The SMILES string of the molecule is C=C[C@@H]1C[C@]1(NC(=O)[C@@H]1C[C@@H]2CN1C(=O)[C@H](C1CCCC1)NC(=O)O[C@@H]1CCC[C@H]1CC/C=C/Cc1c(nc3ccccc3c1OC(=O)C(C)C)O2)C(=O)NS(=O)(=O)C1CC1. The van der Waals surface area contributed by atoms with Crippen LogP contribution in [-0.2, 0) is 40.4 Å². The number of para-hydroxylation sites is 1. The lowest BCUT2D eigenvalue weighted by Crippen LogP contribution is -2.59. The van der Waals surface area contributed by atoms with E-state index < -0.39 is 80.6 Å². The number of carbonyl (C=O) groups is 5. The van der Waals surface area contributed by atoms with E-state index >= 15 is 0 Å². The Morgan fingerprint density at radius 3 is 2.48 bits per heavy atom. The average Bonchev–Trinajstić information content (AvgIpc) is 4.02. The number of pyridine rings is 1. The predicted molar refractivity (Wildman–Crippen MR) is 225 cm³/mol. The molecule has 1 aromatic heterocycles. The van der Waals surface area contributed by atoms with E-state index in [1.54, 1.807) is 19.9 Å². The number of hydrogen-bond acceptors (Lipinski definition) is 11. The minimum atomic E-state index is -3.93. The van der Waals surface area contributed by atoms with Crippen molar-refractivity contribution >= 4 is 50.7 Å². The summed E-state index contributed by atoms with van der Waals surface area (Å²) in [5.74, 6) is -2.95. The van der Waals surface area contributed by atoms with Crippen LogP contribution in [0.1, 0.15) is 103 Å². The summed E-state index contributed by atoms with van der Waals surface area (Å²) in [5.41, 5.74) is -0.526. The van der Waals surface area contributed by atoms with Crippen LogP contribution >= 0.6 is 0 Å². The molecule has 328 valence electrons. The van der Waals surface area contributed by atoms with E-state index in [2.05, 4.69) is 28.0 Å². The molecular formula is C45H57N5O10S. The van der Waals surface area contributed by atoms with Crippen molar-refractivity contribution in [1.29, 1.82) is 0 Å². The average molecular weight is 860 g/mol. The van der Waals surface area contributed by atoms with Crippen molar-refractivity contribution in [1.82, 2.24) is 25.2 Å². The molecule has 61 heavy (non-hydrogen) atoms. The normalized spacial score (nSPS) is 30.2. The molecule has 6 aliphatic rings. The molecule has 0 spiro atoms. The molecule has 0 radical (unpaired) electrons. The summed E-state index contributed by atoms with van der Waals surface area (Å²) in [7, 11) is -3.93. The van der Waals surface area contributed by atoms with Gasteiger partial charge in [-0.15, -0.1) is 6.58 Å². The van der Waals surface area contributed by atoms with Gasteiger partial charge in [0.25, 0.3) is 5.91 Å². The van der Waals surface area contributed by atoms with Crippen LogP contribution in [0, 0.1) is 23.7 Å². The van der Waals surface area contributed by atoms with Gasteiger partial charge in [0.05, 0.1) is 28.8 Å². The van der Waals surface area contributed by atoms with Crippen LogP contribution in [0.3, 0.4) is 0 Å². The molecule has 0 unspecified atom stereocenters. The van der Waals surface area contributed by atoms with Crippen molar-refractivity contribution in [2.24, 2.45) is 23.7 Å². The number of hydrogen-bond donors (Lipinski definition) is 3. The molecule has 15 nitrogen and oxygen atoms in total. The lowest BCUT2D eigenvalue weighted by Gasteiger charge is -2.32. The number of alkyl carbamates (subject to hydrolysis) is 1. The molecule has 16 heteroatoms. The monoisotopic (exact) mass is 859 g/mol. The number of carbonyl (C=O) groups excluding carboxylic acids is 5. The molecule has 4 amide bonds. The van der Waals surface area contributed by atoms with Gasteiger partial charge in [-0.3, -0.25) is 23.9 Å². The fourth-order valence-electron chi connectivity index (χ4n) is 9.63. The van der Waals surface area contributed by atoms with Gasteiger partial charge in [0.1, 0.15) is 35.6 Å². The Morgan fingerprint density at radius 1 is 1.00 bits per heavy atom. The molecule has 2 bridgehead atoms. The summed E-state index contributed by atoms with van der Waals surface area (Å²) >= 11 is 0. The Hall–Kier alpha value is -4.99. The van der Waals surface area contributed by atoms with Crippen LogP contribution in [0.4, 0.5) is 4.79 Å².